The third-order valence-electron chi connectivity index (χ3n) is 6.93. The van der Waals surface area contributed by atoms with E-state index < -0.39 is 23.8 Å². The number of hydrogen-bond acceptors (Lipinski definition) is 5. The number of hydrogen-bond donors (Lipinski definition) is 0. The number of methoxy groups -OCH3 is 1. The summed E-state index contributed by atoms with van der Waals surface area (Å²) in [4.78, 5) is 31.7. The maximum absolute atomic E-state index is 14.3. The Hall–Kier alpha value is -3.89. The van der Waals surface area contributed by atoms with Gasteiger partial charge in [-0.1, -0.05) is 91.0 Å². The van der Waals surface area contributed by atoms with Crippen molar-refractivity contribution in [2.75, 3.05) is 27.1 Å². The zero-order valence-electron chi connectivity index (χ0n) is 22.4. The van der Waals surface area contributed by atoms with Crippen LogP contribution in [0.5, 0.6) is 0 Å². The second-order valence-electron chi connectivity index (χ2n) is 9.72. The smallest absolute Gasteiger partial charge is 0.432 e. The van der Waals surface area contributed by atoms with Crippen LogP contribution in [0.4, 0.5) is 18.0 Å². The van der Waals surface area contributed by atoms with Crippen LogP contribution in [0.1, 0.15) is 23.6 Å². The summed E-state index contributed by atoms with van der Waals surface area (Å²) >= 11 is 0. The van der Waals surface area contributed by atoms with Gasteiger partial charge in [0.25, 0.3) is 5.60 Å². The maximum Gasteiger partial charge on any atom is 0.432 e. The standard InChI is InChI=1S/C30H32F3N3O4/c1-23(20-40-27(37)29(39-2,30(31,32)33)26-16-10-5-11-17-26)36-21-34(18-24-12-6-3-7-13-24)28(38)35(22-36)19-25-14-8-4-9-15-25/h3-17,23H,18-22H2,1-2H3/t23-,29-/m0/s1. The maximum atomic E-state index is 14.3. The van der Waals surface area contributed by atoms with E-state index in [4.69, 9.17) is 9.47 Å². The molecule has 0 saturated carbocycles. The highest BCUT2D eigenvalue weighted by atomic mass is 19.4. The minimum atomic E-state index is -5.06. The monoisotopic (exact) mass is 555 g/mol. The van der Waals surface area contributed by atoms with Crippen molar-refractivity contribution in [3.8, 4) is 0 Å². The normalized spacial score (nSPS) is 16.9. The molecule has 1 aliphatic heterocycles. The van der Waals surface area contributed by atoms with Gasteiger partial charge in [0.2, 0.25) is 0 Å². The molecule has 0 aliphatic carbocycles. The minimum absolute atomic E-state index is 0.160. The van der Waals surface area contributed by atoms with Gasteiger partial charge in [0, 0.05) is 31.8 Å². The molecule has 7 nitrogen and oxygen atoms in total. The molecule has 3 aromatic carbocycles. The van der Waals surface area contributed by atoms with Gasteiger partial charge in [-0.15, -0.1) is 0 Å². The summed E-state index contributed by atoms with van der Waals surface area (Å²) in [6.07, 6.45) is -5.06. The lowest BCUT2D eigenvalue weighted by Crippen LogP contribution is -2.60. The van der Waals surface area contributed by atoms with Crippen molar-refractivity contribution in [2.24, 2.45) is 0 Å². The second kappa shape index (κ2) is 12.5. The van der Waals surface area contributed by atoms with Crippen molar-refractivity contribution >= 4 is 12.0 Å². The fourth-order valence-electron chi connectivity index (χ4n) is 4.72. The molecule has 0 aromatic heterocycles. The highest BCUT2D eigenvalue weighted by Gasteiger charge is 2.64. The van der Waals surface area contributed by atoms with Gasteiger partial charge in [-0.3, -0.25) is 4.90 Å². The van der Waals surface area contributed by atoms with E-state index >= 15 is 0 Å². The summed E-state index contributed by atoms with van der Waals surface area (Å²) in [5, 5.41) is 0. The van der Waals surface area contributed by atoms with E-state index in [1.165, 1.54) is 24.3 Å². The molecule has 0 bridgehead atoms. The summed E-state index contributed by atoms with van der Waals surface area (Å²) in [5.74, 6) is -1.55. The fraction of sp³-hybridized carbons (Fsp3) is 0.333. The number of benzene rings is 3. The average Bonchev–Trinajstić information content (AvgIpc) is 2.95. The van der Waals surface area contributed by atoms with Crippen LogP contribution in [0, 0.1) is 0 Å². The number of carbonyl (C=O) groups is 2. The van der Waals surface area contributed by atoms with E-state index in [1.54, 1.807) is 22.8 Å². The highest BCUT2D eigenvalue weighted by molar-refractivity contribution is 5.82. The van der Waals surface area contributed by atoms with Crippen LogP contribution in [0.3, 0.4) is 0 Å². The summed E-state index contributed by atoms with van der Waals surface area (Å²) < 4.78 is 52.9. The molecule has 1 fully saturated rings. The van der Waals surface area contributed by atoms with Crippen LogP contribution in [0.15, 0.2) is 91.0 Å². The van der Waals surface area contributed by atoms with Crippen LogP contribution < -0.4 is 0 Å². The van der Waals surface area contributed by atoms with Crippen LogP contribution in [0.25, 0.3) is 0 Å². The van der Waals surface area contributed by atoms with Crippen molar-refractivity contribution < 1.29 is 32.2 Å². The number of carbonyl (C=O) groups excluding carboxylic acids is 2. The van der Waals surface area contributed by atoms with Gasteiger partial charge in [-0.2, -0.15) is 13.2 Å². The van der Waals surface area contributed by atoms with Gasteiger partial charge in [-0.25, -0.2) is 9.59 Å². The molecule has 212 valence electrons. The molecule has 3 aromatic rings. The lowest BCUT2D eigenvalue weighted by Gasteiger charge is -2.44. The molecule has 10 heteroatoms. The molecular formula is C30H32F3N3O4. The van der Waals surface area contributed by atoms with Crippen molar-refractivity contribution in [1.29, 1.82) is 0 Å². The number of esters is 1. The first-order valence-corrected chi connectivity index (χ1v) is 12.9. The lowest BCUT2D eigenvalue weighted by atomic mass is 9.93. The third kappa shape index (κ3) is 6.29. The van der Waals surface area contributed by atoms with E-state index in [2.05, 4.69) is 0 Å². The van der Waals surface area contributed by atoms with Gasteiger partial charge in [0.05, 0.1) is 13.3 Å². The number of urea groups is 1. The van der Waals surface area contributed by atoms with Crippen molar-refractivity contribution in [2.45, 2.75) is 37.8 Å². The van der Waals surface area contributed by atoms with Gasteiger partial charge < -0.3 is 19.3 Å². The molecule has 2 atom stereocenters. The largest absolute Gasteiger partial charge is 0.461 e. The van der Waals surface area contributed by atoms with Gasteiger partial charge >= 0.3 is 18.2 Å². The zero-order valence-corrected chi connectivity index (χ0v) is 22.4. The van der Waals surface area contributed by atoms with Crippen LogP contribution in [-0.2, 0) is 33.0 Å². The molecule has 0 spiro atoms. The molecule has 1 heterocycles. The van der Waals surface area contributed by atoms with Gasteiger partial charge in [0.15, 0.2) is 0 Å². The summed E-state index contributed by atoms with van der Waals surface area (Å²) in [6.45, 7) is 2.54. The lowest BCUT2D eigenvalue weighted by molar-refractivity contribution is -0.276. The fourth-order valence-corrected chi connectivity index (χ4v) is 4.72. The minimum Gasteiger partial charge on any atom is -0.461 e. The van der Waals surface area contributed by atoms with E-state index in [9.17, 15) is 22.8 Å². The number of nitrogens with zero attached hydrogens (tertiary/aromatic N) is 3. The predicted octanol–water partition coefficient (Wildman–Crippen LogP) is 5.38. The first-order chi connectivity index (χ1) is 19.2. The molecule has 0 unspecified atom stereocenters. The zero-order chi connectivity index (χ0) is 28.8. The Labute approximate surface area is 231 Å². The molecule has 2 amide bonds. The van der Waals surface area contributed by atoms with Crippen LogP contribution in [0.2, 0.25) is 0 Å². The summed E-state index contributed by atoms with van der Waals surface area (Å²) in [7, 11) is 0.838. The Morgan fingerprint density at radius 3 is 1.70 bits per heavy atom. The Morgan fingerprint density at radius 2 is 1.27 bits per heavy atom. The van der Waals surface area contributed by atoms with Crippen molar-refractivity contribution in [3.05, 3.63) is 108 Å². The van der Waals surface area contributed by atoms with Crippen LogP contribution in [-0.4, -0.2) is 66.0 Å². The van der Waals surface area contributed by atoms with E-state index in [-0.39, 0.29) is 31.5 Å². The van der Waals surface area contributed by atoms with Gasteiger partial charge in [-0.05, 0) is 18.1 Å². The number of amides is 2. The molecule has 1 saturated heterocycles. The second-order valence-corrected chi connectivity index (χ2v) is 9.72. The Kier molecular flexibility index (Phi) is 9.11. The quantitative estimate of drug-likeness (QED) is 0.315. The summed E-state index contributed by atoms with van der Waals surface area (Å²) in [6, 6.07) is 25.1. The Morgan fingerprint density at radius 1 is 0.825 bits per heavy atom. The predicted molar refractivity (Wildman–Crippen MR) is 143 cm³/mol. The van der Waals surface area contributed by atoms with E-state index in [0.29, 0.717) is 13.1 Å². The molecule has 40 heavy (non-hydrogen) atoms. The average molecular weight is 556 g/mol. The first kappa shape index (κ1) is 29.1. The highest BCUT2D eigenvalue weighted by Crippen LogP contribution is 2.43. The van der Waals surface area contributed by atoms with E-state index in [1.807, 2.05) is 65.6 Å². The number of rotatable bonds is 10. The Bertz CT molecular complexity index is 1210. The molecule has 4 rings (SSSR count). The third-order valence-corrected chi connectivity index (χ3v) is 6.93. The van der Waals surface area contributed by atoms with Crippen molar-refractivity contribution in [3.63, 3.8) is 0 Å². The topological polar surface area (TPSA) is 62.3 Å². The SMILES string of the molecule is CO[C@](C(=O)OC[C@H](C)N1CN(Cc2ccccc2)C(=O)N(Cc2ccccc2)C1)(c1ccccc1)C(F)(F)F. The summed E-state index contributed by atoms with van der Waals surface area (Å²) in [5.41, 5.74) is -1.75. The number of ether oxygens (including phenoxy) is 2. The van der Waals surface area contributed by atoms with E-state index in [0.717, 1.165) is 18.2 Å². The number of alkyl halides is 3. The molecule has 0 radical (unpaired) electrons. The van der Waals surface area contributed by atoms with Crippen molar-refractivity contribution in [1.82, 2.24) is 14.7 Å². The molecule has 0 N–H and O–H groups in total. The molecular weight excluding hydrogens is 523 g/mol. The Balaban J connectivity index is 1.52. The van der Waals surface area contributed by atoms with Gasteiger partial charge in [0.1, 0.15) is 6.61 Å². The molecule has 1 aliphatic rings. The van der Waals surface area contributed by atoms with Crippen LogP contribution >= 0.6 is 0 Å². The number of halogens is 3. The first-order valence-electron chi connectivity index (χ1n) is 12.9.